The molecule has 2 aromatic carbocycles. The number of carbonyl (C=O) groups is 2. The van der Waals surface area contributed by atoms with Crippen LogP contribution in [0.15, 0.2) is 48.5 Å². The fraction of sp³-hybridized carbons (Fsp3) is 0.391. The second-order valence-corrected chi connectivity index (χ2v) is 7.67. The lowest BCUT2D eigenvalue weighted by atomic mass is 9.67. The van der Waals surface area contributed by atoms with Gasteiger partial charge in [-0.15, -0.1) is 0 Å². The minimum absolute atomic E-state index is 0.126. The lowest BCUT2D eigenvalue weighted by Crippen LogP contribution is -2.53. The van der Waals surface area contributed by atoms with Crippen molar-refractivity contribution in [2.24, 2.45) is 5.41 Å². The van der Waals surface area contributed by atoms with Crippen molar-refractivity contribution in [3.63, 3.8) is 0 Å². The highest BCUT2D eigenvalue weighted by Crippen LogP contribution is 2.43. The molecule has 2 fully saturated rings. The van der Waals surface area contributed by atoms with Crippen molar-refractivity contribution in [2.45, 2.75) is 45.1 Å². The summed E-state index contributed by atoms with van der Waals surface area (Å²) in [4.78, 5) is 25.4. The van der Waals surface area contributed by atoms with Crippen molar-refractivity contribution in [1.82, 2.24) is 5.32 Å². The molecule has 0 radical (unpaired) electrons. The largest absolute Gasteiger partial charge is 0.494 e. The van der Waals surface area contributed by atoms with Crippen LogP contribution in [0.3, 0.4) is 0 Å². The minimum Gasteiger partial charge on any atom is -0.494 e. The molecule has 0 aliphatic heterocycles. The van der Waals surface area contributed by atoms with Gasteiger partial charge in [0, 0.05) is 11.7 Å². The molecule has 6 nitrogen and oxygen atoms in total. The van der Waals surface area contributed by atoms with E-state index in [9.17, 15) is 9.59 Å². The quantitative estimate of drug-likeness (QED) is 0.656. The van der Waals surface area contributed by atoms with Gasteiger partial charge < -0.3 is 20.1 Å². The summed E-state index contributed by atoms with van der Waals surface area (Å²) < 4.78 is 11.2. The average molecular weight is 394 g/mol. The zero-order chi connectivity index (χ0) is 20.3. The maximum atomic E-state index is 12.8. The SMILES string of the molecule is CCOc1ccc(Oc2ccc(NC(=O)C3(C(=O)NC4CC4)CCC3)cc2)cc1. The zero-order valence-electron chi connectivity index (χ0n) is 16.6. The van der Waals surface area contributed by atoms with E-state index >= 15 is 0 Å². The smallest absolute Gasteiger partial charge is 0.240 e. The lowest BCUT2D eigenvalue weighted by Gasteiger charge is -2.38. The number of hydrogen-bond donors (Lipinski definition) is 2. The van der Waals surface area contributed by atoms with E-state index in [1.165, 1.54) is 0 Å². The van der Waals surface area contributed by atoms with Crippen molar-refractivity contribution in [2.75, 3.05) is 11.9 Å². The molecule has 0 unspecified atom stereocenters. The van der Waals surface area contributed by atoms with Crippen LogP contribution in [0, 0.1) is 5.41 Å². The van der Waals surface area contributed by atoms with Gasteiger partial charge in [-0.2, -0.15) is 0 Å². The summed E-state index contributed by atoms with van der Waals surface area (Å²) in [5.41, 5.74) is -0.264. The molecule has 152 valence electrons. The van der Waals surface area contributed by atoms with E-state index in [1.54, 1.807) is 24.3 Å². The van der Waals surface area contributed by atoms with Crippen molar-refractivity contribution in [1.29, 1.82) is 0 Å². The average Bonchev–Trinajstić information content (AvgIpc) is 3.48. The van der Waals surface area contributed by atoms with Crippen LogP contribution in [0.25, 0.3) is 0 Å². The Kier molecular flexibility index (Phi) is 5.43. The molecule has 2 saturated carbocycles. The van der Waals surface area contributed by atoms with Crippen molar-refractivity contribution in [3.05, 3.63) is 48.5 Å². The molecule has 0 heterocycles. The second-order valence-electron chi connectivity index (χ2n) is 7.67. The number of amides is 2. The number of carbonyl (C=O) groups excluding carboxylic acids is 2. The number of benzene rings is 2. The summed E-state index contributed by atoms with van der Waals surface area (Å²) in [6.45, 7) is 2.56. The molecule has 0 bridgehead atoms. The number of nitrogens with one attached hydrogen (secondary N) is 2. The first kappa shape index (κ1) is 19.3. The standard InChI is InChI=1S/C23H26N2O4/c1-2-28-18-10-12-20(13-11-18)29-19-8-6-17(7-9-19)25-22(27)23(14-3-15-23)21(26)24-16-4-5-16/h6-13,16H,2-5,14-15H2,1H3,(H,24,26)(H,25,27). The van der Waals surface area contributed by atoms with E-state index in [1.807, 2.05) is 31.2 Å². The van der Waals surface area contributed by atoms with Gasteiger partial charge >= 0.3 is 0 Å². The highest BCUT2D eigenvalue weighted by atomic mass is 16.5. The van der Waals surface area contributed by atoms with Gasteiger partial charge in [-0.25, -0.2) is 0 Å². The van der Waals surface area contributed by atoms with Crippen LogP contribution in [0.4, 0.5) is 5.69 Å². The van der Waals surface area contributed by atoms with Gasteiger partial charge in [0.25, 0.3) is 0 Å². The van der Waals surface area contributed by atoms with E-state index in [4.69, 9.17) is 9.47 Å². The molecular formula is C23H26N2O4. The van der Waals surface area contributed by atoms with Crippen LogP contribution in [0.1, 0.15) is 39.0 Å². The number of anilines is 1. The molecule has 29 heavy (non-hydrogen) atoms. The first-order valence-corrected chi connectivity index (χ1v) is 10.2. The van der Waals surface area contributed by atoms with Crippen LogP contribution in [-0.2, 0) is 9.59 Å². The van der Waals surface area contributed by atoms with Gasteiger partial charge in [-0.3, -0.25) is 9.59 Å². The number of hydrogen-bond acceptors (Lipinski definition) is 4. The molecule has 0 spiro atoms. The molecule has 0 aromatic heterocycles. The first-order valence-electron chi connectivity index (χ1n) is 10.2. The normalized spacial score (nSPS) is 17.0. The Balaban J connectivity index is 1.36. The maximum absolute atomic E-state index is 12.8. The molecule has 0 atom stereocenters. The molecule has 2 N–H and O–H groups in total. The third-order valence-electron chi connectivity index (χ3n) is 5.47. The highest BCUT2D eigenvalue weighted by molar-refractivity contribution is 6.11. The zero-order valence-corrected chi connectivity index (χ0v) is 16.6. The second kappa shape index (κ2) is 8.15. The molecular weight excluding hydrogens is 368 g/mol. The van der Waals surface area contributed by atoms with Crippen molar-refractivity contribution in [3.8, 4) is 17.2 Å². The van der Waals surface area contributed by atoms with E-state index in [-0.39, 0.29) is 17.9 Å². The van der Waals surface area contributed by atoms with Crippen LogP contribution in [-0.4, -0.2) is 24.5 Å². The lowest BCUT2D eigenvalue weighted by molar-refractivity contribution is -0.146. The number of ether oxygens (including phenoxy) is 2. The van der Waals surface area contributed by atoms with Gasteiger partial charge in [0.2, 0.25) is 11.8 Å². The molecule has 6 heteroatoms. The fourth-order valence-corrected chi connectivity index (χ4v) is 3.40. The Morgan fingerprint density at radius 2 is 1.52 bits per heavy atom. The fourth-order valence-electron chi connectivity index (χ4n) is 3.40. The molecule has 0 saturated heterocycles. The summed E-state index contributed by atoms with van der Waals surface area (Å²) in [6, 6.07) is 14.8. The van der Waals surface area contributed by atoms with Gasteiger partial charge in [-0.1, -0.05) is 6.42 Å². The third kappa shape index (κ3) is 4.36. The van der Waals surface area contributed by atoms with E-state index in [0.29, 0.717) is 36.6 Å². The monoisotopic (exact) mass is 394 g/mol. The number of rotatable bonds is 8. The van der Waals surface area contributed by atoms with Crippen LogP contribution in [0.5, 0.6) is 17.2 Å². The predicted octanol–water partition coefficient (Wildman–Crippen LogP) is 4.27. The third-order valence-corrected chi connectivity index (χ3v) is 5.47. The van der Waals surface area contributed by atoms with Crippen LogP contribution < -0.4 is 20.1 Å². The maximum Gasteiger partial charge on any atom is 0.240 e. The molecule has 2 aliphatic rings. The first-order chi connectivity index (χ1) is 14.1. The summed E-state index contributed by atoms with van der Waals surface area (Å²) in [7, 11) is 0. The molecule has 2 aliphatic carbocycles. The van der Waals surface area contributed by atoms with Gasteiger partial charge in [-0.05, 0) is 81.1 Å². The van der Waals surface area contributed by atoms with Crippen molar-refractivity contribution >= 4 is 17.5 Å². The van der Waals surface area contributed by atoms with Gasteiger partial charge in [0.05, 0.1) is 6.61 Å². The van der Waals surface area contributed by atoms with E-state index < -0.39 is 5.41 Å². The van der Waals surface area contributed by atoms with Crippen LogP contribution >= 0.6 is 0 Å². The molecule has 2 amide bonds. The minimum atomic E-state index is -0.917. The Labute approximate surface area is 170 Å². The van der Waals surface area contributed by atoms with Gasteiger partial charge in [0.15, 0.2) is 0 Å². The highest BCUT2D eigenvalue weighted by Gasteiger charge is 2.51. The predicted molar refractivity (Wildman–Crippen MR) is 110 cm³/mol. The summed E-state index contributed by atoms with van der Waals surface area (Å²) in [5, 5.41) is 5.88. The Morgan fingerprint density at radius 3 is 2.03 bits per heavy atom. The molecule has 2 aromatic rings. The summed E-state index contributed by atoms with van der Waals surface area (Å²) in [6.07, 6.45) is 4.14. The van der Waals surface area contributed by atoms with Gasteiger partial charge in [0.1, 0.15) is 22.7 Å². The Hall–Kier alpha value is -3.02. The van der Waals surface area contributed by atoms with Crippen LogP contribution in [0.2, 0.25) is 0 Å². The molecule has 4 rings (SSSR count). The Morgan fingerprint density at radius 1 is 0.931 bits per heavy atom. The van der Waals surface area contributed by atoms with E-state index in [2.05, 4.69) is 10.6 Å². The van der Waals surface area contributed by atoms with E-state index in [0.717, 1.165) is 25.0 Å². The Bertz CT molecular complexity index is 869. The summed E-state index contributed by atoms with van der Waals surface area (Å²) in [5.74, 6) is 1.82. The van der Waals surface area contributed by atoms with Crippen molar-refractivity contribution < 1.29 is 19.1 Å². The summed E-state index contributed by atoms with van der Waals surface area (Å²) >= 11 is 0. The topological polar surface area (TPSA) is 76.7 Å².